The second kappa shape index (κ2) is 6.70. The Morgan fingerprint density at radius 3 is 2.70 bits per heavy atom. The highest BCUT2D eigenvalue weighted by Crippen LogP contribution is 2.22. The zero-order valence-electron chi connectivity index (χ0n) is 11.6. The van der Waals surface area contributed by atoms with E-state index >= 15 is 0 Å². The molecule has 0 unspecified atom stereocenters. The first-order valence-electron chi connectivity index (χ1n) is 6.51. The molecule has 0 atom stereocenters. The number of aromatic nitrogens is 1. The topological polar surface area (TPSA) is 48.4 Å². The molecule has 0 bridgehead atoms. The lowest BCUT2D eigenvalue weighted by Gasteiger charge is -2.12. The van der Waals surface area contributed by atoms with Crippen molar-refractivity contribution in [3.05, 3.63) is 53.7 Å². The van der Waals surface area contributed by atoms with Crippen LogP contribution >= 0.6 is 0 Å². The second-order valence-electron chi connectivity index (χ2n) is 4.27. The van der Waals surface area contributed by atoms with Gasteiger partial charge in [-0.25, -0.2) is 4.98 Å². The largest absolute Gasteiger partial charge is 0.493 e. The van der Waals surface area contributed by atoms with Crippen LogP contribution in [0.1, 0.15) is 29.8 Å². The number of nitrogens with zero attached hydrogens (tertiary/aromatic N) is 1. The van der Waals surface area contributed by atoms with Gasteiger partial charge in [-0.3, -0.25) is 4.79 Å². The van der Waals surface area contributed by atoms with Crippen LogP contribution in [-0.2, 0) is 6.61 Å². The molecule has 4 nitrogen and oxygen atoms in total. The first kappa shape index (κ1) is 14.1. The molecule has 0 aliphatic rings. The zero-order valence-corrected chi connectivity index (χ0v) is 11.6. The van der Waals surface area contributed by atoms with Gasteiger partial charge in [-0.05, 0) is 38.1 Å². The van der Waals surface area contributed by atoms with Crippen molar-refractivity contribution in [2.24, 2.45) is 0 Å². The molecule has 0 spiro atoms. The lowest BCUT2D eigenvalue weighted by atomic mass is 10.1. The predicted octanol–water partition coefficient (Wildman–Crippen LogP) is 3.26. The molecular weight excluding hydrogens is 254 g/mol. The lowest BCUT2D eigenvalue weighted by molar-refractivity contribution is 0.101. The summed E-state index contributed by atoms with van der Waals surface area (Å²) in [5.41, 5.74) is 1.48. The fraction of sp³-hybridized carbons (Fsp3) is 0.250. The fourth-order valence-electron chi connectivity index (χ4n) is 1.79. The van der Waals surface area contributed by atoms with E-state index in [9.17, 15) is 4.79 Å². The summed E-state index contributed by atoms with van der Waals surface area (Å²) in [4.78, 5) is 15.5. The Kier molecular flexibility index (Phi) is 4.71. The van der Waals surface area contributed by atoms with Crippen molar-refractivity contribution in [2.75, 3.05) is 6.61 Å². The molecular formula is C16H17NO3. The van der Waals surface area contributed by atoms with Gasteiger partial charge in [0.05, 0.1) is 6.61 Å². The van der Waals surface area contributed by atoms with Crippen LogP contribution in [0.3, 0.4) is 0 Å². The van der Waals surface area contributed by atoms with Gasteiger partial charge in [0, 0.05) is 23.4 Å². The Hall–Kier alpha value is -2.36. The van der Waals surface area contributed by atoms with E-state index in [-0.39, 0.29) is 5.78 Å². The van der Waals surface area contributed by atoms with Crippen LogP contribution in [0.2, 0.25) is 0 Å². The Morgan fingerprint density at radius 2 is 2.05 bits per heavy atom. The van der Waals surface area contributed by atoms with E-state index in [1.165, 1.54) is 0 Å². The predicted molar refractivity (Wildman–Crippen MR) is 76.2 cm³/mol. The summed E-state index contributed by atoms with van der Waals surface area (Å²) >= 11 is 0. The molecule has 0 N–H and O–H groups in total. The van der Waals surface area contributed by atoms with E-state index in [0.29, 0.717) is 24.7 Å². The first-order valence-corrected chi connectivity index (χ1v) is 6.51. The molecule has 1 heterocycles. The van der Waals surface area contributed by atoms with Gasteiger partial charge in [0.15, 0.2) is 5.78 Å². The van der Waals surface area contributed by atoms with Gasteiger partial charge in [-0.2, -0.15) is 0 Å². The highest BCUT2D eigenvalue weighted by atomic mass is 16.5. The maximum Gasteiger partial charge on any atom is 0.213 e. The molecule has 104 valence electrons. The number of Topliss-reactive ketones (excluding diaryl/α,β-unsaturated/α-hetero) is 1. The summed E-state index contributed by atoms with van der Waals surface area (Å²) in [7, 11) is 0. The van der Waals surface area contributed by atoms with Crippen molar-refractivity contribution in [3.63, 3.8) is 0 Å². The quantitative estimate of drug-likeness (QED) is 0.757. The second-order valence-corrected chi connectivity index (χ2v) is 4.27. The molecule has 0 saturated heterocycles. The van der Waals surface area contributed by atoms with Crippen LogP contribution in [0.15, 0.2) is 42.6 Å². The lowest BCUT2D eigenvalue weighted by Crippen LogP contribution is -2.04. The van der Waals surface area contributed by atoms with Crippen LogP contribution in [-0.4, -0.2) is 17.4 Å². The van der Waals surface area contributed by atoms with Gasteiger partial charge >= 0.3 is 0 Å². The standard InChI is InChI=1S/C16H17NO3/c1-3-19-15-8-7-13(12(2)18)10-14(15)11-20-16-6-4-5-9-17-16/h4-10H,3,11H2,1-2H3. The van der Waals surface area contributed by atoms with Crippen LogP contribution in [0.25, 0.3) is 0 Å². The minimum Gasteiger partial charge on any atom is -0.493 e. The zero-order chi connectivity index (χ0) is 14.4. The van der Waals surface area contributed by atoms with Crippen LogP contribution in [0.5, 0.6) is 11.6 Å². The summed E-state index contributed by atoms with van der Waals surface area (Å²) < 4.78 is 11.2. The van der Waals surface area contributed by atoms with Gasteiger partial charge in [-0.1, -0.05) is 6.07 Å². The van der Waals surface area contributed by atoms with E-state index in [0.717, 1.165) is 11.3 Å². The van der Waals surface area contributed by atoms with Gasteiger partial charge in [0.1, 0.15) is 12.4 Å². The number of hydrogen-bond donors (Lipinski definition) is 0. The van der Waals surface area contributed by atoms with Gasteiger partial charge < -0.3 is 9.47 Å². The summed E-state index contributed by atoms with van der Waals surface area (Å²) in [5.74, 6) is 1.30. The molecule has 1 aromatic heterocycles. The third-order valence-electron chi connectivity index (χ3n) is 2.78. The smallest absolute Gasteiger partial charge is 0.213 e. The van der Waals surface area contributed by atoms with E-state index in [1.807, 2.05) is 19.1 Å². The molecule has 4 heteroatoms. The van der Waals surface area contributed by atoms with Crippen molar-refractivity contribution < 1.29 is 14.3 Å². The van der Waals surface area contributed by atoms with E-state index in [1.54, 1.807) is 37.4 Å². The number of pyridine rings is 1. The number of benzene rings is 1. The first-order chi connectivity index (χ1) is 9.70. The van der Waals surface area contributed by atoms with E-state index < -0.39 is 0 Å². The van der Waals surface area contributed by atoms with Gasteiger partial charge in [0.25, 0.3) is 0 Å². The molecule has 0 aliphatic carbocycles. The summed E-state index contributed by atoms with van der Waals surface area (Å²) in [6.07, 6.45) is 1.67. The fourth-order valence-corrected chi connectivity index (χ4v) is 1.79. The van der Waals surface area contributed by atoms with Crippen molar-refractivity contribution in [3.8, 4) is 11.6 Å². The minimum absolute atomic E-state index is 0.0205. The number of carbonyl (C=O) groups is 1. The molecule has 0 amide bonds. The van der Waals surface area contributed by atoms with Gasteiger partial charge in [0.2, 0.25) is 5.88 Å². The summed E-state index contributed by atoms with van der Waals surface area (Å²) in [6, 6.07) is 10.8. The van der Waals surface area contributed by atoms with Crippen molar-refractivity contribution in [1.29, 1.82) is 0 Å². The number of hydrogen-bond acceptors (Lipinski definition) is 4. The Balaban J connectivity index is 2.19. The maximum absolute atomic E-state index is 11.4. The monoisotopic (exact) mass is 271 g/mol. The molecule has 0 saturated carbocycles. The van der Waals surface area contributed by atoms with Crippen LogP contribution < -0.4 is 9.47 Å². The van der Waals surface area contributed by atoms with Crippen molar-refractivity contribution in [2.45, 2.75) is 20.5 Å². The highest BCUT2D eigenvalue weighted by molar-refractivity contribution is 5.94. The average molecular weight is 271 g/mol. The normalized spacial score (nSPS) is 10.1. The van der Waals surface area contributed by atoms with E-state index in [4.69, 9.17) is 9.47 Å². The Bertz CT molecular complexity index is 582. The molecule has 1 aromatic carbocycles. The molecule has 0 radical (unpaired) electrons. The van der Waals surface area contributed by atoms with Crippen LogP contribution in [0, 0.1) is 0 Å². The van der Waals surface area contributed by atoms with Crippen molar-refractivity contribution >= 4 is 5.78 Å². The molecule has 0 aliphatic heterocycles. The summed E-state index contributed by atoms with van der Waals surface area (Å²) in [5, 5.41) is 0. The third kappa shape index (κ3) is 3.57. The number of ketones is 1. The maximum atomic E-state index is 11.4. The van der Waals surface area contributed by atoms with E-state index in [2.05, 4.69) is 4.98 Å². The molecule has 2 aromatic rings. The average Bonchev–Trinajstić information content (AvgIpc) is 2.47. The van der Waals surface area contributed by atoms with Crippen molar-refractivity contribution in [1.82, 2.24) is 4.98 Å². The SMILES string of the molecule is CCOc1ccc(C(C)=O)cc1COc1ccccn1. The van der Waals surface area contributed by atoms with Crippen LogP contribution in [0.4, 0.5) is 0 Å². The highest BCUT2D eigenvalue weighted by Gasteiger charge is 2.08. The number of ether oxygens (including phenoxy) is 2. The van der Waals surface area contributed by atoms with Gasteiger partial charge in [-0.15, -0.1) is 0 Å². The molecule has 2 rings (SSSR count). The third-order valence-corrected chi connectivity index (χ3v) is 2.78. The Morgan fingerprint density at radius 1 is 1.20 bits per heavy atom. The Labute approximate surface area is 118 Å². The minimum atomic E-state index is 0.0205. The number of carbonyl (C=O) groups excluding carboxylic acids is 1. The molecule has 20 heavy (non-hydrogen) atoms. The summed E-state index contributed by atoms with van der Waals surface area (Å²) in [6.45, 7) is 4.34. The number of rotatable bonds is 6. The molecule has 0 fully saturated rings.